The molecule has 1 amide bonds. The molecular formula is C18H27N3O. The number of hydrogen-bond acceptors (Lipinski definition) is 3. The van der Waals surface area contributed by atoms with E-state index in [-0.39, 0.29) is 5.91 Å². The summed E-state index contributed by atoms with van der Waals surface area (Å²) in [4.78, 5) is 17.1. The number of benzene rings is 1. The standard InChI is InChI=1S/C18H27N3O/c1-14(2)15-5-7-16(8-6-15)19-18(22)13-20-10-11-21-9-3-4-17(21)12-20/h5-8,14,17H,3-4,9-13H2,1-2H3,(H,19,22). The Morgan fingerprint density at radius 2 is 2.00 bits per heavy atom. The molecule has 0 saturated carbocycles. The highest BCUT2D eigenvalue weighted by Crippen LogP contribution is 2.21. The predicted molar refractivity (Wildman–Crippen MR) is 90.2 cm³/mol. The molecule has 1 aromatic carbocycles. The zero-order valence-electron chi connectivity index (χ0n) is 13.7. The molecule has 22 heavy (non-hydrogen) atoms. The Balaban J connectivity index is 1.49. The highest BCUT2D eigenvalue weighted by atomic mass is 16.2. The van der Waals surface area contributed by atoms with Gasteiger partial charge in [-0.25, -0.2) is 0 Å². The van der Waals surface area contributed by atoms with Gasteiger partial charge in [0.25, 0.3) is 0 Å². The Morgan fingerprint density at radius 3 is 2.73 bits per heavy atom. The van der Waals surface area contributed by atoms with E-state index in [9.17, 15) is 4.79 Å². The van der Waals surface area contributed by atoms with Crippen molar-refractivity contribution in [2.45, 2.75) is 38.6 Å². The van der Waals surface area contributed by atoms with Gasteiger partial charge in [0.15, 0.2) is 0 Å². The molecule has 3 rings (SSSR count). The molecule has 0 spiro atoms. The summed E-state index contributed by atoms with van der Waals surface area (Å²) in [7, 11) is 0. The number of fused-ring (bicyclic) bond motifs is 1. The smallest absolute Gasteiger partial charge is 0.238 e. The van der Waals surface area contributed by atoms with Gasteiger partial charge in [0, 0.05) is 31.4 Å². The summed E-state index contributed by atoms with van der Waals surface area (Å²) >= 11 is 0. The molecule has 120 valence electrons. The van der Waals surface area contributed by atoms with Crippen LogP contribution in [0, 0.1) is 0 Å². The van der Waals surface area contributed by atoms with E-state index in [0.29, 0.717) is 18.5 Å². The van der Waals surface area contributed by atoms with Gasteiger partial charge in [-0.2, -0.15) is 0 Å². The van der Waals surface area contributed by atoms with Gasteiger partial charge in [-0.1, -0.05) is 26.0 Å². The van der Waals surface area contributed by atoms with Gasteiger partial charge in [-0.05, 0) is 43.0 Å². The normalized spacial score (nSPS) is 22.8. The van der Waals surface area contributed by atoms with Gasteiger partial charge in [-0.15, -0.1) is 0 Å². The third-order valence-electron chi connectivity index (χ3n) is 4.90. The van der Waals surface area contributed by atoms with E-state index >= 15 is 0 Å². The molecule has 2 aliphatic rings. The Hall–Kier alpha value is -1.39. The monoisotopic (exact) mass is 301 g/mol. The molecule has 0 radical (unpaired) electrons. The number of carbonyl (C=O) groups excluding carboxylic acids is 1. The van der Waals surface area contributed by atoms with E-state index in [1.807, 2.05) is 12.1 Å². The van der Waals surface area contributed by atoms with Crippen LogP contribution in [0.25, 0.3) is 0 Å². The summed E-state index contributed by atoms with van der Waals surface area (Å²) in [5.41, 5.74) is 2.20. The van der Waals surface area contributed by atoms with Crippen molar-refractivity contribution < 1.29 is 4.79 Å². The molecule has 2 heterocycles. The molecule has 2 saturated heterocycles. The van der Waals surface area contributed by atoms with Crippen LogP contribution in [0.3, 0.4) is 0 Å². The lowest BCUT2D eigenvalue weighted by molar-refractivity contribution is -0.117. The topological polar surface area (TPSA) is 35.6 Å². The molecular weight excluding hydrogens is 274 g/mol. The summed E-state index contributed by atoms with van der Waals surface area (Å²) in [5.74, 6) is 0.621. The Morgan fingerprint density at radius 1 is 1.23 bits per heavy atom. The van der Waals surface area contributed by atoms with Crippen molar-refractivity contribution in [2.24, 2.45) is 0 Å². The van der Waals surface area contributed by atoms with E-state index in [2.05, 4.69) is 41.1 Å². The van der Waals surface area contributed by atoms with E-state index in [1.54, 1.807) is 0 Å². The van der Waals surface area contributed by atoms with Crippen molar-refractivity contribution in [3.8, 4) is 0 Å². The molecule has 1 aromatic rings. The van der Waals surface area contributed by atoms with Crippen molar-refractivity contribution in [3.05, 3.63) is 29.8 Å². The fourth-order valence-corrected chi connectivity index (χ4v) is 3.55. The largest absolute Gasteiger partial charge is 0.325 e. The van der Waals surface area contributed by atoms with Crippen LogP contribution >= 0.6 is 0 Å². The van der Waals surface area contributed by atoms with Crippen molar-refractivity contribution in [2.75, 3.05) is 38.0 Å². The van der Waals surface area contributed by atoms with E-state index in [1.165, 1.54) is 24.9 Å². The van der Waals surface area contributed by atoms with E-state index in [4.69, 9.17) is 0 Å². The third kappa shape index (κ3) is 3.68. The quantitative estimate of drug-likeness (QED) is 0.928. The number of amides is 1. The highest BCUT2D eigenvalue weighted by Gasteiger charge is 2.30. The third-order valence-corrected chi connectivity index (χ3v) is 4.90. The first-order chi connectivity index (χ1) is 10.6. The van der Waals surface area contributed by atoms with E-state index < -0.39 is 0 Å². The van der Waals surface area contributed by atoms with Gasteiger partial charge in [0.1, 0.15) is 0 Å². The number of carbonyl (C=O) groups is 1. The van der Waals surface area contributed by atoms with Crippen LogP contribution in [-0.2, 0) is 4.79 Å². The second kappa shape index (κ2) is 6.80. The number of nitrogens with zero attached hydrogens (tertiary/aromatic N) is 2. The maximum atomic E-state index is 12.2. The van der Waals surface area contributed by atoms with Crippen LogP contribution in [0.15, 0.2) is 24.3 Å². The molecule has 2 fully saturated rings. The molecule has 1 N–H and O–H groups in total. The summed E-state index contributed by atoms with van der Waals surface area (Å²) < 4.78 is 0. The lowest BCUT2D eigenvalue weighted by Gasteiger charge is -2.37. The minimum Gasteiger partial charge on any atom is -0.325 e. The number of nitrogens with one attached hydrogen (secondary N) is 1. The van der Waals surface area contributed by atoms with Crippen LogP contribution in [-0.4, -0.2) is 54.5 Å². The second-order valence-corrected chi connectivity index (χ2v) is 6.89. The van der Waals surface area contributed by atoms with Gasteiger partial charge < -0.3 is 5.32 Å². The van der Waals surface area contributed by atoms with Crippen molar-refractivity contribution in [3.63, 3.8) is 0 Å². The van der Waals surface area contributed by atoms with Gasteiger partial charge in [-0.3, -0.25) is 14.6 Å². The van der Waals surface area contributed by atoms with Gasteiger partial charge in [0.2, 0.25) is 5.91 Å². The van der Waals surface area contributed by atoms with E-state index in [0.717, 1.165) is 25.3 Å². The highest BCUT2D eigenvalue weighted by molar-refractivity contribution is 5.92. The Bertz CT molecular complexity index is 512. The van der Waals surface area contributed by atoms with Crippen molar-refractivity contribution in [1.29, 1.82) is 0 Å². The first kappa shape index (κ1) is 15.5. The number of rotatable bonds is 4. The fourth-order valence-electron chi connectivity index (χ4n) is 3.55. The molecule has 1 atom stereocenters. The SMILES string of the molecule is CC(C)c1ccc(NC(=O)CN2CCN3CCCC3C2)cc1. The Labute approximate surface area is 133 Å². The summed E-state index contributed by atoms with van der Waals surface area (Å²) in [6, 6.07) is 8.87. The molecule has 2 aliphatic heterocycles. The first-order valence-corrected chi connectivity index (χ1v) is 8.48. The average molecular weight is 301 g/mol. The summed E-state index contributed by atoms with van der Waals surface area (Å²) in [5, 5.41) is 3.02. The summed E-state index contributed by atoms with van der Waals surface area (Å²) in [6.45, 7) is 9.27. The van der Waals surface area contributed by atoms with Crippen LogP contribution < -0.4 is 5.32 Å². The van der Waals surface area contributed by atoms with Crippen LogP contribution in [0.5, 0.6) is 0 Å². The van der Waals surface area contributed by atoms with Crippen LogP contribution in [0.1, 0.15) is 38.2 Å². The second-order valence-electron chi connectivity index (χ2n) is 6.89. The zero-order chi connectivity index (χ0) is 15.5. The van der Waals surface area contributed by atoms with Gasteiger partial charge in [0.05, 0.1) is 6.54 Å². The van der Waals surface area contributed by atoms with Gasteiger partial charge >= 0.3 is 0 Å². The van der Waals surface area contributed by atoms with Crippen molar-refractivity contribution >= 4 is 11.6 Å². The maximum Gasteiger partial charge on any atom is 0.238 e. The number of anilines is 1. The average Bonchev–Trinajstić information content (AvgIpc) is 2.95. The molecule has 0 aliphatic carbocycles. The lowest BCUT2D eigenvalue weighted by Crippen LogP contribution is -2.51. The van der Waals surface area contributed by atoms with Crippen molar-refractivity contribution in [1.82, 2.24) is 9.80 Å². The van der Waals surface area contributed by atoms with Crippen LogP contribution in [0.4, 0.5) is 5.69 Å². The maximum absolute atomic E-state index is 12.2. The molecule has 0 aromatic heterocycles. The minimum atomic E-state index is 0.101. The molecule has 1 unspecified atom stereocenters. The number of hydrogen-bond donors (Lipinski definition) is 1. The number of piperazine rings is 1. The lowest BCUT2D eigenvalue weighted by atomic mass is 10.0. The zero-order valence-corrected chi connectivity index (χ0v) is 13.7. The fraction of sp³-hybridized carbons (Fsp3) is 0.611. The molecule has 0 bridgehead atoms. The molecule has 4 heteroatoms. The van der Waals surface area contributed by atoms with Crippen LogP contribution in [0.2, 0.25) is 0 Å². The Kier molecular flexibility index (Phi) is 4.79. The first-order valence-electron chi connectivity index (χ1n) is 8.48. The minimum absolute atomic E-state index is 0.101. The summed E-state index contributed by atoms with van der Waals surface area (Å²) in [6.07, 6.45) is 2.60. The molecule has 4 nitrogen and oxygen atoms in total. The predicted octanol–water partition coefficient (Wildman–Crippen LogP) is 2.53.